The summed E-state index contributed by atoms with van der Waals surface area (Å²) >= 11 is 0. The van der Waals surface area contributed by atoms with Crippen molar-refractivity contribution in [3.63, 3.8) is 0 Å². The van der Waals surface area contributed by atoms with Gasteiger partial charge in [0.2, 0.25) is 0 Å². The molecule has 0 saturated carbocycles. The largest absolute Gasteiger partial charge is 0.371 e. The molecule has 0 radical (unpaired) electrons. The molecule has 6 heteroatoms. The van der Waals surface area contributed by atoms with Crippen molar-refractivity contribution in [2.75, 3.05) is 23.3 Å². The van der Waals surface area contributed by atoms with E-state index in [9.17, 15) is 14.9 Å². The van der Waals surface area contributed by atoms with Crippen LogP contribution >= 0.6 is 0 Å². The fourth-order valence-corrected chi connectivity index (χ4v) is 3.20. The molecule has 0 aromatic heterocycles. The normalized spacial score (nSPS) is 13.8. The summed E-state index contributed by atoms with van der Waals surface area (Å²) in [7, 11) is 0. The Bertz CT molecular complexity index is 827. The van der Waals surface area contributed by atoms with Crippen LogP contribution in [0.2, 0.25) is 0 Å². The molecule has 1 heterocycles. The third kappa shape index (κ3) is 3.63. The van der Waals surface area contributed by atoms with E-state index in [1.54, 1.807) is 19.1 Å². The second-order valence-corrected chi connectivity index (χ2v) is 6.41. The van der Waals surface area contributed by atoms with Crippen LogP contribution in [0.4, 0.5) is 17.1 Å². The highest BCUT2D eigenvalue weighted by atomic mass is 16.6. The van der Waals surface area contributed by atoms with Crippen molar-refractivity contribution in [2.24, 2.45) is 0 Å². The lowest BCUT2D eigenvalue weighted by Gasteiger charge is -2.20. The minimum Gasteiger partial charge on any atom is -0.371 e. The molecule has 2 aromatic carbocycles. The molecule has 1 amide bonds. The molecular weight excluding hydrogens is 318 g/mol. The Morgan fingerprint density at radius 1 is 1.08 bits per heavy atom. The zero-order valence-corrected chi connectivity index (χ0v) is 14.4. The maximum absolute atomic E-state index is 12.4. The number of rotatable bonds is 4. The van der Waals surface area contributed by atoms with E-state index in [1.807, 2.05) is 25.1 Å². The van der Waals surface area contributed by atoms with Crippen LogP contribution in [0.3, 0.4) is 0 Å². The SMILES string of the molecule is Cc1cc(NC(=O)c2ccc(C)c([N+](=O)[O-])c2)ccc1N1CCCC1. The standard InChI is InChI=1S/C19H21N3O3/c1-13-5-6-15(12-18(13)22(24)25)19(23)20-16-7-8-17(14(2)11-16)21-9-3-4-10-21/h5-8,11-12H,3-4,9-10H2,1-2H3,(H,20,23). The van der Waals surface area contributed by atoms with E-state index in [0.717, 1.165) is 18.7 Å². The molecule has 1 aliphatic heterocycles. The first-order chi connectivity index (χ1) is 12.0. The number of nitrogens with one attached hydrogen (secondary N) is 1. The summed E-state index contributed by atoms with van der Waals surface area (Å²) < 4.78 is 0. The van der Waals surface area contributed by atoms with Gasteiger partial charge < -0.3 is 10.2 Å². The van der Waals surface area contributed by atoms with E-state index in [-0.39, 0.29) is 17.2 Å². The second kappa shape index (κ2) is 6.93. The summed E-state index contributed by atoms with van der Waals surface area (Å²) in [6.45, 7) is 5.82. The lowest BCUT2D eigenvalue weighted by molar-refractivity contribution is -0.385. The monoisotopic (exact) mass is 339 g/mol. The Morgan fingerprint density at radius 3 is 2.44 bits per heavy atom. The Morgan fingerprint density at radius 2 is 1.80 bits per heavy atom. The quantitative estimate of drug-likeness (QED) is 0.673. The molecule has 130 valence electrons. The zero-order chi connectivity index (χ0) is 18.0. The van der Waals surface area contributed by atoms with Crippen LogP contribution in [-0.4, -0.2) is 23.9 Å². The number of hydrogen-bond acceptors (Lipinski definition) is 4. The van der Waals surface area contributed by atoms with Crippen molar-refractivity contribution >= 4 is 23.0 Å². The predicted octanol–water partition coefficient (Wildman–Crippen LogP) is 4.06. The molecule has 0 bridgehead atoms. The third-order valence-electron chi connectivity index (χ3n) is 4.57. The summed E-state index contributed by atoms with van der Waals surface area (Å²) in [4.78, 5) is 25.3. The van der Waals surface area contributed by atoms with Crippen LogP contribution in [0.5, 0.6) is 0 Å². The van der Waals surface area contributed by atoms with Crippen molar-refractivity contribution in [2.45, 2.75) is 26.7 Å². The molecule has 1 fully saturated rings. The number of nitro groups is 1. The van der Waals surface area contributed by atoms with Gasteiger partial charge in [0.25, 0.3) is 11.6 Å². The van der Waals surface area contributed by atoms with Crippen LogP contribution in [0, 0.1) is 24.0 Å². The van der Waals surface area contributed by atoms with Gasteiger partial charge in [0.15, 0.2) is 0 Å². The van der Waals surface area contributed by atoms with Gasteiger partial charge >= 0.3 is 0 Å². The van der Waals surface area contributed by atoms with Gasteiger partial charge in [-0.25, -0.2) is 0 Å². The lowest BCUT2D eigenvalue weighted by atomic mass is 10.1. The Kier molecular flexibility index (Phi) is 4.70. The molecule has 6 nitrogen and oxygen atoms in total. The second-order valence-electron chi connectivity index (χ2n) is 6.41. The third-order valence-corrected chi connectivity index (χ3v) is 4.57. The highest BCUT2D eigenvalue weighted by Crippen LogP contribution is 2.27. The first kappa shape index (κ1) is 17.0. The van der Waals surface area contributed by atoms with Gasteiger partial charge in [-0.05, 0) is 56.5 Å². The molecule has 1 N–H and O–H groups in total. The van der Waals surface area contributed by atoms with Gasteiger partial charge in [0, 0.05) is 41.7 Å². The number of carbonyl (C=O) groups excluding carboxylic acids is 1. The van der Waals surface area contributed by atoms with Crippen LogP contribution in [0.1, 0.15) is 34.3 Å². The number of anilines is 2. The van der Waals surface area contributed by atoms with E-state index in [4.69, 9.17) is 0 Å². The van der Waals surface area contributed by atoms with Crippen LogP contribution < -0.4 is 10.2 Å². The van der Waals surface area contributed by atoms with Gasteiger partial charge in [-0.2, -0.15) is 0 Å². The van der Waals surface area contributed by atoms with Crippen molar-refractivity contribution in [3.05, 3.63) is 63.2 Å². The van der Waals surface area contributed by atoms with Gasteiger partial charge in [-0.3, -0.25) is 14.9 Å². The van der Waals surface area contributed by atoms with E-state index in [2.05, 4.69) is 10.2 Å². The van der Waals surface area contributed by atoms with Crippen molar-refractivity contribution in [1.82, 2.24) is 0 Å². The van der Waals surface area contributed by atoms with Crippen LogP contribution in [0.15, 0.2) is 36.4 Å². The molecule has 0 spiro atoms. The van der Waals surface area contributed by atoms with Crippen LogP contribution in [-0.2, 0) is 0 Å². The number of benzene rings is 2. The minimum absolute atomic E-state index is 0.0480. The van der Waals surface area contributed by atoms with E-state index < -0.39 is 4.92 Å². The smallest absolute Gasteiger partial charge is 0.273 e. The molecule has 0 aliphatic carbocycles. The van der Waals surface area contributed by atoms with Gasteiger partial charge in [0.05, 0.1) is 4.92 Å². The number of carbonyl (C=O) groups is 1. The Labute approximate surface area is 146 Å². The number of amides is 1. The van der Waals surface area contributed by atoms with Gasteiger partial charge in [-0.15, -0.1) is 0 Å². The van der Waals surface area contributed by atoms with Gasteiger partial charge in [-0.1, -0.05) is 6.07 Å². The highest BCUT2D eigenvalue weighted by molar-refractivity contribution is 6.04. The molecule has 1 aliphatic rings. The van der Waals surface area contributed by atoms with Crippen molar-refractivity contribution < 1.29 is 9.72 Å². The maximum atomic E-state index is 12.4. The molecule has 0 unspecified atom stereocenters. The van der Waals surface area contributed by atoms with E-state index in [1.165, 1.54) is 24.6 Å². The lowest BCUT2D eigenvalue weighted by Crippen LogP contribution is -2.19. The molecule has 1 saturated heterocycles. The van der Waals surface area contributed by atoms with E-state index >= 15 is 0 Å². The van der Waals surface area contributed by atoms with Crippen molar-refractivity contribution in [1.29, 1.82) is 0 Å². The molecular formula is C19H21N3O3. The maximum Gasteiger partial charge on any atom is 0.273 e. The Hall–Kier alpha value is -2.89. The first-order valence-corrected chi connectivity index (χ1v) is 8.38. The number of nitro benzene ring substituents is 1. The first-order valence-electron chi connectivity index (χ1n) is 8.38. The zero-order valence-electron chi connectivity index (χ0n) is 14.4. The summed E-state index contributed by atoms with van der Waals surface area (Å²) in [6, 6.07) is 10.3. The summed E-state index contributed by atoms with van der Waals surface area (Å²) in [5, 5.41) is 13.9. The average molecular weight is 339 g/mol. The summed E-state index contributed by atoms with van der Waals surface area (Å²) in [5.74, 6) is -0.351. The molecule has 2 aromatic rings. The van der Waals surface area contributed by atoms with E-state index in [0.29, 0.717) is 11.3 Å². The fraction of sp³-hybridized carbons (Fsp3) is 0.316. The van der Waals surface area contributed by atoms with Gasteiger partial charge in [0.1, 0.15) is 0 Å². The highest BCUT2D eigenvalue weighted by Gasteiger charge is 2.17. The molecule has 0 atom stereocenters. The Balaban J connectivity index is 1.78. The number of nitrogens with zero attached hydrogens (tertiary/aromatic N) is 2. The summed E-state index contributed by atoms with van der Waals surface area (Å²) in [6.07, 6.45) is 2.42. The molecule has 3 rings (SSSR count). The van der Waals surface area contributed by atoms with Crippen LogP contribution in [0.25, 0.3) is 0 Å². The minimum atomic E-state index is -0.471. The fourth-order valence-electron chi connectivity index (χ4n) is 3.20. The average Bonchev–Trinajstić information content (AvgIpc) is 3.09. The number of hydrogen-bond donors (Lipinski definition) is 1. The van der Waals surface area contributed by atoms with Crippen molar-refractivity contribution in [3.8, 4) is 0 Å². The molecule has 25 heavy (non-hydrogen) atoms. The topological polar surface area (TPSA) is 75.5 Å². The number of aryl methyl sites for hydroxylation is 2. The predicted molar refractivity (Wildman–Crippen MR) is 98.4 cm³/mol. The summed E-state index contributed by atoms with van der Waals surface area (Å²) in [5.41, 5.74) is 3.75.